The molecule has 4 aliphatic carbocycles. The van der Waals surface area contributed by atoms with Crippen LogP contribution < -0.4 is 0 Å². The van der Waals surface area contributed by atoms with E-state index >= 15 is 0 Å². The molecule has 2 nitrogen and oxygen atoms in total. The van der Waals surface area contributed by atoms with Gasteiger partial charge in [-0.05, 0) is 74.0 Å². The van der Waals surface area contributed by atoms with Crippen LogP contribution in [-0.2, 0) is 4.79 Å². The number of carboxylic acid groups (broad SMARTS) is 1. The van der Waals surface area contributed by atoms with E-state index in [9.17, 15) is 9.90 Å². The average Bonchev–Trinajstić information content (AvgIpc) is 2.84. The third-order valence-electron chi connectivity index (χ3n) is 8.39. The lowest BCUT2D eigenvalue weighted by Gasteiger charge is -2.60. The SMILES string of the molecule is CC12CCC3C(CCC4CCCCC43C)C1CC=C2C(=O)O. The first-order chi connectivity index (χ1) is 10.5. The van der Waals surface area contributed by atoms with Crippen molar-refractivity contribution in [2.45, 2.75) is 71.6 Å². The number of fused-ring (bicyclic) bond motifs is 5. The molecule has 4 aliphatic rings. The molecule has 0 aliphatic heterocycles. The molecule has 1 N–H and O–H groups in total. The topological polar surface area (TPSA) is 37.3 Å². The van der Waals surface area contributed by atoms with Gasteiger partial charge in [0.1, 0.15) is 0 Å². The van der Waals surface area contributed by atoms with Crippen molar-refractivity contribution >= 4 is 5.97 Å². The zero-order valence-corrected chi connectivity index (χ0v) is 14.1. The molecule has 4 rings (SSSR count). The lowest BCUT2D eigenvalue weighted by Crippen LogP contribution is -2.52. The van der Waals surface area contributed by atoms with Crippen molar-refractivity contribution < 1.29 is 9.90 Å². The molecule has 0 heterocycles. The molecule has 0 aromatic carbocycles. The van der Waals surface area contributed by atoms with Crippen LogP contribution >= 0.6 is 0 Å². The lowest BCUT2D eigenvalue weighted by molar-refractivity contribution is -0.136. The molecule has 0 aromatic rings. The van der Waals surface area contributed by atoms with Crippen LogP contribution in [0.25, 0.3) is 0 Å². The molecule has 22 heavy (non-hydrogen) atoms. The third kappa shape index (κ3) is 1.82. The van der Waals surface area contributed by atoms with Gasteiger partial charge in [-0.3, -0.25) is 0 Å². The van der Waals surface area contributed by atoms with Crippen molar-refractivity contribution in [2.75, 3.05) is 0 Å². The van der Waals surface area contributed by atoms with Crippen molar-refractivity contribution in [3.8, 4) is 0 Å². The van der Waals surface area contributed by atoms with E-state index in [1.54, 1.807) is 0 Å². The molecular formula is C20H30O2. The Morgan fingerprint density at radius 1 is 1.09 bits per heavy atom. The molecule has 122 valence electrons. The van der Waals surface area contributed by atoms with Gasteiger partial charge >= 0.3 is 5.97 Å². The Hall–Kier alpha value is -0.790. The summed E-state index contributed by atoms with van der Waals surface area (Å²) < 4.78 is 0. The van der Waals surface area contributed by atoms with Gasteiger partial charge in [-0.1, -0.05) is 32.8 Å². The first kappa shape index (κ1) is 14.8. The van der Waals surface area contributed by atoms with Crippen LogP contribution in [0.5, 0.6) is 0 Å². The maximum absolute atomic E-state index is 11.6. The van der Waals surface area contributed by atoms with Crippen molar-refractivity contribution in [3.63, 3.8) is 0 Å². The summed E-state index contributed by atoms with van der Waals surface area (Å²) in [4.78, 5) is 11.6. The van der Waals surface area contributed by atoms with Gasteiger partial charge < -0.3 is 5.11 Å². The van der Waals surface area contributed by atoms with Gasteiger partial charge in [-0.2, -0.15) is 0 Å². The van der Waals surface area contributed by atoms with Crippen molar-refractivity contribution in [3.05, 3.63) is 11.6 Å². The Morgan fingerprint density at radius 3 is 2.68 bits per heavy atom. The highest BCUT2D eigenvalue weighted by Gasteiger charge is 2.58. The fraction of sp³-hybridized carbons (Fsp3) is 0.850. The Kier molecular flexibility index (Phi) is 3.26. The normalized spacial score (nSPS) is 50.5. The molecule has 6 unspecified atom stereocenters. The van der Waals surface area contributed by atoms with Crippen LogP contribution in [0.4, 0.5) is 0 Å². The summed E-state index contributed by atoms with van der Waals surface area (Å²) in [7, 11) is 0. The average molecular weight is 302 g/mol. The van der Waals surface area contributed by atoms with Crippen LogP contribution in [0.15, 0.2) is 11.6 Å². The smallest absolute Gasteiger partial charge is 0.331 e. The maximum atomic E-state index is 11.6. The lowest BCUT2D eigenvalue weighted by atomic mass is 9.45. The molecular weight excluding hydrogens is 272 g/mol. The van der Waals surface area contributed by atoms with Crippen LogP contribution in [0.1, 0.15) is 71.6 Å². The highest BCUT2D eigenvalue weighted by Crippen LogP contribution is 2.66. The Balaban J connectivity index is 1.64. The van der Waals surface area contributed by atoms with E-state index in [-0.39, 0.29) is 5.41 Å². The zero-order chi connectivity index (χ0) is 15.5. The summed E-state index contributed by atoms with van der Waals surface area (Å²) in [5.74, 6) is 2.50. The maximum Gasteiger partial charge on any atom is 0.331 e. The Labute approximate surface area is 134 Å². The van der Waals surface area contributed by atoms with Gasteiger partial charge in [0, 0.05) is 11.0 Å². The molecule has 0 radical (unpaired) electrons. The van der Waals surface area contributed by atoms with Crippen molar-refractivity contribution in [1.82, 2.24) is 0 Å². The number of carboxylic acids is 1. The molecule has 3 saturated carbocycles. The fourth-order valence-corrected chi connectivity index (χ4v) is 7.19. The first-order valence-corrected chi connectivity index (χ1v) is 9.41. The summed E-state index contributed by atoms with van der Waals surface area (Å²) >= 11 is 0. The summed E-state index contributed by atoms with van der Waals surface area (Å²) in [6, 6.07) is 0. The Morgan fingerprint density at radius 2 is 1.91 bits per heavy atom. The summed E-state index contributed by atoms with van der Waals surface area (Å²) in [5.41, 5.74) is 1.23. The summed E-state index contributed by atoms with van der Waals surface area (Å²) in [5, 5.41) is 9.58. The van der Waals surface area contributed by atoms with Gasteiger partial charge in [-0.15, -0.1) is 0 Å². The number of allylic oxidation sites excluding steroid dienone is 1. The number of rotatable bonds is 1. The largest absolute Gasteiger partial charge is 0.478 e. The minimum absolute atomic E-state index is 0.0507. The highest BCUT2D eigenvalue weighted by atomic mass is 16.4. The van der Waals surface area contributed by atoms with Crippen LogP contribution in [0.2, 0.25) is 0 Å². The van der Waals surface area contributed by atoms with Gasteiger partial charge in [0.15, 0.2) is 0 Å². The predicted octanol–water partition coefficient (Wildman–Crippen LogP) is 5.04. The second-order valence-electron chi connectivity index (χ2n) is 9.02. The Bertz CT molecular complexity index is 522. The number of hydrogen-bond donors (Lipinski definition) is 1. The molecule has 0 aromatic heterocycles. The monoisotopic (exact) mass is 302 g/mol. The van der Waals surface area contributed by atoms with E-state index in [0.717, 1.165) is 36.2 Å². The minimum Gasteiger partial charge on any atom is -0.478 e. The standard InChI is InChI=1S/C20H30O2/c1-19-11-4-3-5-13(19)6-7-14-15-8-9-17(18(21)22)20(15,2)12-10-16(14)19/h9,13-16H,3-8,10-12H2,1-2H3,(H,21,22). The van der Waals surface area contributed by atoms with Gasteiger partial charge in [0.05, 0.1) is 0 Å². The van der Waals surface area contributed by atoms with Crippen LogP contribution in [0.3, 0.4) is 0 Å². The number of aliphatic carboxylic acids is 1. The minimum atomic E-state index is -0.666. The van der Waals surface area contributed by atoms with E-state index < -0.39 is 5.97 Å². The molecule has 0 amide bonds. The second-order valence-corrected chi connectivity index (χ2v) is 9.02. The zero-order valence-electron chi connectivity index (χ0n) is 14.1. The molecule has 6 atom stereocenters. The molecule has 0 bridgehead atoms. The van der Waals surface area contributed by atoms with Gasteiger partial charge in [0.25, 0.3) is 0 Å². The fourth-order valence-electron chi connectivity index (χ4n) is 7.19. The van der Waals surface area contributed by atoms with E-state index in [4.69, 9.17) is 0 Å². The summed E-state index contributed by atoms with van der Waals surface area (Å²) in [6.07, 6.45) is 13.9. The van der Waals surface area contributed by atoms with E-state index in [2.05, 4.69) is 19.9 Å². The van der Waals surface area contributed by atoms with E-state index in [1.807, 2.05) is 0 Å². The van der Waals surface area contributed by atoms with E-state index in [1.165, 1.54) is 44.9 Å². The van der Waals surface area contributed by atoms with Crippen molar-refractivity contribution in [2.24, 2.45) is 34.5 Å². The van der Waals surface area contributed by atoms with Crippen LogP contribution in [-0.4, -0.2) is 11.1 Å². The summed E-state index contributed by atoms with van der Waals surface area (Å²) in [6.45, 7) is 4.83. The predicted molar refractivity (Wildman–Crippen MR) is 87.4 cm³/mol. The highest BCUT2D eigenvalue weighted by molar-refractivity contribution is 5.89. The molecule has 2 heteroatoms. The molecule has 0 saturated heterocycles. The number of carbonyl (C=O) groups is 1. The number of hydrogen-bond acceptors (Lipinski definition) is 1. The first-order valence-electron chi connectivity index (χ1n) is 9.41. The third-order valence-corrected chi connectivity index (χ3v) is 8.39. The van der Waals surface area contributed by atoms with Crippen LogP contribution in [0, 0.1) is 34.5 Å². The van der Waals surface area contributed by atoms with E-state index in [0.29, 0.717) is 11.3 Å². The molecule has 0 spiro atoms. The quantitative estimate of drug-likeness (QED) is 0.736. The second kappa shape index (κ2) is 4.85. The van der Waals surface area contributed by atoms with Gasteiger partial charge in [-0.25, -0.2) is 4.79 Å². The van der Waals surface area contributed by atoms with Crippen molar-refractivity contribution in [1.29, 1.82) is 0 Å². The molecule has 3 fully saturated rings. The van der Waals surface area contributed by atoms with Gasteiger partial charge in [0.2, 0.25) is 0 Å².